The molecule has 1 rings (SSSR count). The summed E-state index contributed by atoms with van der Waals surface area (Å²) in [6.07, 6.45) is 1.47. The Morgan fingerprint density at radius 2 is 2.75 bits per heavy atom. The molecule has 1 aliphatic rings. The molecule has 0 fully saturated rings. The average Bonchev–Trinajstić information content (AvgIpc) is 2.12. The van der Waals surface area contributed by atoms with E-state index in [0.29, 0.717) is 5.88 Å². The van der Waals surface area contributed by atoms with Crippen molar-refractivity contribution in [3.05, 3.63) is 0 Å². The van der Waals surface area contributed by atoms with Crippen molar-refractivity contribution >= 4 is 23.9 Å². The number of carboxylic acids is 1. The molecule has 44 valence electrons. The molecule has 1 atom stereocenters. The van der Waals surface area contributed by atoms with Crippen molar-refractivity contribution in [1.29, 1.82) is 0 Å². The Balaban J connectivity index is 2.48. The van der Waals surface area contributed by atoms with E-state index < -0.39 is 11.2 Å². The lowest BCUT2D eigenvalue weighted by Gasteiger charge is -1.93. The SMILES string of the molecule is O=C(O)C1C=NCS1. The van der Waals surface area contributed by atoms with Gasteiger partial charge in [0.2, 0.25) is 0 Å². The largest absolute Gasteiger partial charge is 0.480 e. The molecule has 1 aliphatic heterocycles. The van der Waals surface area contributed by atoms with Crippen LogP contribution in [0.4, 0.5) is 0 Å². The highest BCUT2D eigenvalue weighted by molar-refractivity contribution is 8.01. The molecule has 0 aromatic heterocycles. The Labute approximate surface area is 50.8 Å². The number of aliphatic imine (C=N–C) groups is 1. The number of hydrogen-bond acceptors (Lipinski definition) is 3. The Kier molecular flexibility index (Phi) is 1.53. The summed E-state index contributed by atoms with van der Waals surface area (Å²) in [6, 6.07) is 0. The molecular formula is C4H5NO2S. The topological polar surface area (TPSA) is 49.7 Å². The summed E-state index contributed by atoms with van der Waals surface area (Å²) in [7, 11) is 0. The summed E-state index contributed by atoms with van der Waals surface area (Å²) in [6.45, 7) is 0. The van der Waals surface area contributed by atoms with E-state index in [-0.39, 0.29) is 0 Å². The highest BCUT2D eigenvalue weighted by Crippen LogP contribution is 2.14. The molecular weight excluding hydrogens is 126 g/mol. The van der Waals surface area contributed by atoms with Crippen LogP contribution < -0.4 is 0 Å². The predicted molar refractivity (Wildman–Crippen MR) is 32.4 cm³/mol. The molecule has 0 aromatic carbocycles. The zero-order valence-electron chi connectivity index (χ0n) is 4.07. The predicted octanol–water partition coefficient (Wildman–Crippen LogP) is 0.215. The van der Waals surface area contributed by atoms with Crippen LogP contribution in [-0.4, -0.2) is 28.4 Å². The van der Waals surface area contributed by atoms with E-state index in [0.717, 1.165) is 0 Å². The van der Waals surface area contributed by atoms with Crippen LogP contribution in [0.1, 0.15) is 0 Å². The van der Waals surface area contributed by atoms with Crippen molar-refractivity contribution in [2.45, 2.75) is 5.25 Å². The van der Waals surface area contributed by atoms with Gasteiger partial charge in [-0.15, -0.1) is 11.8 Å². The number of aliphatic carboxylic acids is 1. The van der Waals surface area contributed by atoms with Crippen LogP contribution in [0.2, 0.25) is 0 Å². The van der Waals surface area contributed by atoms with Crippen LogP contribution in [0, 0.1) is 0 Å². The molecule has 0 aromatic rings. The lowest BCUT2D eigenvalue weighted by Crippen LogP contribution is -2.14. The maximum Gasteiger partial charge on any atom is 0.322 e. The smallest absolute Gasteiger partial charge is 0.322 e. The first kappa shape index (κ1) is 5.62. The Hall–Kier alpha value is -0.510. The lowest BCUT2D eigenvalue weighted by molar-refractivity contribution is -0.134. The second-order valence-corrected chi connectivity index (χ2v) is 2.49. The zero-order valence-corrected chi connectivity index (χ0v) is 4.89. The van der Waals surface area contributed by atoms with E-state index in [4.69, 9.17) is 5.11 Å². The van der Waals surface area contributed by atoms with E-state index in [1.165, 1.54) is 18.0 Å². The Morgan fingerprint density at radius 1 is 2.00 bits per heavy atom. The van der Waals surface area contributed by atoms with Crippen molar-refractivity contribution < 1.29 is 9.90 Å². The third-order valence-electron chi connectivity index (χ3n) is 0.813. The Bertz CT molecular complexity index is 134. The molecule has 4 heteroatoms. The van der Waals surface area contributed by atoms with Crippen LogP contribution in [0.25, 0.3) is 0 Å². The highest BCUT2D eigenvalue weighted by Gasteiger charge is 2.17. The van der Waals surface area contributed by atoms with E-state index in [2.05, 4.69) is 4.99 Å². The normalized spacial score (nSPS) is 26.2. The summed E-state index contributed by atoms with van der Waals surface area (Å²) < 4.78 is 0. The number of hydrogen-bond donors (Lipinski definition) is 1. The molecule has 1 N–H and O–H groups in total. The van der Waals surface area contributed by atoms with Crippen LogP contribution >= 0.6 is 11.8 Å². The van der Waals surface area contributed by atoms with Crippen molar-refractivity contribution in [2.24, 2.45) is 4.99 Å². The third-order valence-corrected chi connectivity index (χ3v) is 1.79. The van der Waals surface area contributed by atoms with E-state index >= 15 is 0 Å². The first-order chi connectivity index (χ1) is 3.80. The molecule has 0 saturated heterocycles. The summed E-state index contributed by atoms with van der Waals surface area (Å²) in [5.41, 5.74) is 0. The molecule has 0 bridgehead atoms. The van der Waals surface area contributed by atoms with E-state index in [9.17, 15) is 4.79 Å². The van der Waals surface area contributed by atoms with Gasteiger partial charge in [-0.3, -0.25) is 9.79 Å². The van der Waals surface area contributed by atoms with Gasteiger partial charge in [0, 0.05) is 6.21 Å². The van der Waals surface area contributed by atoms with Gasteiger partial charge in [0.25, 0.3) is 0 Å². The number of carbonyl (C=O) groups is 1. The summed E-state index contributed by atoms with van der Waals surface area (Å²) in [5, 5.41) is 7.91. The summed E-state index contributed by atoms with van der Waals surface area (Å²) in [4.78, 5) is 13.8. The van der Waals surface area contributed by atoms with Crippen molar-refractivity contribution in [3.8, 4) is 0 Å². The quantitative estimate of drug-likeness (QED) is 0.553. The van der Waals surface area contributed by atoms with E-state index in [1.807, 2.05) is 0 Å². The fourth-order valence-corrected chi connectivity index (χ4v) is 1.09. The number of carboxylic acid groups (broad SMARTS) is 1. The van der Waals surface area contributed by atoms with Gasteiger partial charge in [-0.2, -0.15) is 0 Å². The molecule has 0 radical (unpaired) electrons. The van der Waals surface area contributed by atoms with Crippen molar-refractivity contribution in [1.82, 2.24) is 0 Å². The van der Waals surface area contributed by atoms with Crippen molar-refractivity contribution in [3.63, 3.8) is 0 Å². The lowest BCUT2D eigenvalue weighted by atomic mass is 10.5. The minimum atomic E-state index is -0.795. The van der Waals surface area contributed by atoms with Gasteiger partial charge in [0.1, 0.15) is 5.25 Å². The van der Waals surface area contributed by atoms with Crippen molar-refractivity contribution in [2.75, 3.05) is 5.88 Å². The Morgan fingerprint density at radius 3 is 3.00 bits per heavy atom. The highest BCUT2D eigenvalue weighted by atomic mass is 32.2. The average molecular weight is 131 g/mol. The summed E-state index contributed by atoms with van der Waals surface area (Å²) >= 11 is 1.33. The minimum absolute atomic E-state index is 0.394. The molecule has 1 heterocycles. The molecule has 0 amide bonds. The van der Waals surface area contributed by atoms with Gasteiger partial charge in [-0.05, 0) is 0 Å². The van der Waals surface area contributed by atoms with Gasteiger partial charge in [0.05, 0.1) is 5.88 Å². The third kappa shape index (κ3) is 1.01. The van der Waals surface area contributed by atoms with Crippen LogP contribution in [0.3, 0.4) is 0 Å². The molecule has 3 nitrogen and oxygen atoms in total. The van der Waals surface area contributed by atoms with E-state index in [1.54, 1.807) is 0 Å². The van der Waals surface area contributed by atoms with Gasteiger partial charge in [-0.1, -0.05) is 0 Å². The number of thioether (sulfide) groups is 1. The molecule has 0 aliphatic carbocycles. The fraction of sp³-hybridized carbons (Fsp3) is 0.500. The van der Waals surface area contributed by atoms with Gasteiger partial charge < -0.3 is 5.11 Å². The van der Waals surface area contributed by atoms with Gasteiger partial charge in [-0.25, -0.2) is 0 Å². The minimum Gasteiger partial charge on any atom is -0.480 e. The van der Waals surface area contributed by atoms with Crippen LogP contribution in [0.15, 0.2) is 4.99 Å². The van der Waals surface area contributed by atoms with Crippen LogP contribution in [0.5, 0.6) is 0 Å². The number of nitrogens with zero attached hydrogens (tertiary/aromatic N) is 1. The molecule has 1 unspecified atom stereocenters. The van der Waals surface area contributed by atoms with Crippen LogP contribution in [-0.2, 0) is 4.79 Å². The maximum absolute atomic E-state index is 10.1. The summed E-state index contributed by atoms with van der Waals surface area (Å²) in [5.74, 6) is -0.201. The monoisotopic (exact) mass is 131 g/mol. The number of rotatable bonds is 1. The standard InChI is InChI=1S/C4H5NO2S/c6-4(7)3-1-5-2-8-3/h1,3H,2H2,(H,6,7). The second kappa shape index (κ2) is 2.17. The van der Waals surface area contributed by atoms with Gasteiger partial charge in [0.15, 0.2) is 0 Å². The first-order valence-electron chi connectivity index (χ1n) is 2.15. The molecule has 0 saturated carbocycles. The molecule has 0 spiro atoms. The van der Waals surface area contributed by atoms with Gasteiger partial charge >= 0.3 is 5.97 Å². The second-order valence-electron chi connectivity index (χ2n) is 1.39. The zero-order chi connectivity index (χ0) is 5.98. The molecule has 8 heavy (non-hydrogen) atoms. The maximum atomic E-state index is 10.1. The first-order valence-corrected chi connectivity index (χ1v) is 3.20. The fourth-order valence-electron chi connectivity index (χ4n) is 0.440.